The lowest BCUT2D eigenvalue weighted by atomic mass is 9.92. The van der Waals surface area contributed by atoms with Crippen molar-refractivity contribution in [2.24, 2.45) is 0 Å². The number of likely N-dealkylation sites (tertiary alicyclic amines) is 1. The minimum Gasteiger partial charge on any atom is -0.373 e. The van der Waals surface area contributed by atoms with Crippen LogP contribution in [0, 0.1) is 24.4 Å². The van der Waals surface area contributed by atoms with E-state index in [1.807, 2.05) is 0 Å². The first-order valence-corrected chi connectivity index (χ1v) is 9.11. The highest BCUT2D eigenvalue weighted by Gasteiger charge is 2.57. The van der Waals surface area contributed by atoms with E-state index in [9.17, 15) is 36.2 Å². The van der Waals surface area contributed by atoms with Gasteiger partial charge >= 0.3 is 6.18 Å². The number of carbonyl (C=O) groups is 1. The summed E-state index contributed by atoms with van der Waals surface area (Å²) in [4.78, 5) is 16.9. The molecule has 1 N–H and O–H groups in total. The van der Waals surface area contributed by atoms with Gasteiger partial charge in [0.05, 0.1) is 12.0 Å². The lowest BCUT2D eigenvalue weighted by molar-refractivity contribution is -0.250. The summed E-state index contributed by atoms with van der Waals surface area (Å²) in [5, 5.41) is 9.58. The Balaban J connectivity index is 1.81. The normalized spacial score (nSPS) is 17.8. The molecule has 0 spiro atoms. The standard InChI is InChI=1S/C19H19F6N3O2/c1-10-12(20)7-13(16(22)15(10)21)28-9-26-8-14(28)11-3-5-27(6-4-11)17(29)18(2,30)19(23,24)25/h7-9,11,30H,3-6H2,1-2H3. The average molecular weight is 435 g/mol. The van der Waals surface area contributed by atoms with Crippen molar-refractivity contribution in [2.75, 3.05) is 13.1 Å². The maximum absolute atomic E-state index is 14.4. The third kappa shape index (κ3) is 3.66. The molecular weight excluding hydrogens is 416 g/mol. The number of amides is 1. The molecule has 1 aromatic heterocycles. The number of hydrogen-bond donors (Lipinski definition) is 1. The molecule has 0 bridgehead atoms. The number of nitrogens with zero attached hydrogens (tertiary/aromatic N) is 3. The number of carbonyl (C=O) groups excluding carboxylic acids is 1. The summed E-state index contributed by atoms with van der Waals surface area (Å²) in [6.45, 7) is 1.34. The summed E-state index contributed by atoms with van der Waals surface area (Å²) in [5.74, 6) is -5.30. The zero-order chi connectivity index (χ0) is 22.4. The second-order valence-corrected chi connectivity index (χ2v) is 7.46. The van der Waals surface area contributed by atoms with Crippen molar-refractivity contribution in [1.29, 1.82) is 0 Å². The van der Waals surface area contributed by atoms with Gasteiger partial charge in [-0.2, -0.15) is 13.2 Å². The molecule has 1 saturated heterocycles. The fraction of sp³-hybridized carbons (Fsp3) is 0.474. The molecule has 0 radical (unpaired) electrons. The van der Waals surface area contributed by atoms with Gasteiger partial charge in [0.25, 0.3) is 5.91 Å². The van der Waals surface area contributed by atoms with Crippen molar-refractivity contribution in [3.63, 3.8) is 0 Å². The Bertz CT molecular complexity index is 962. The maximum atomic E-state index is 14.4. The first kappa shape index (κ1) is 22.1. The number of rotatable bonds is 3. The molecule has 1 amide bonds. The van der Waals surface area contributed by atoms with Crippen LogP contribution in [0.15, 0.2) is 18.6 Å². The highest BCUT2D eigenvalue weighted by Crippen LogP contribution is 2.35. The molecule has 1 atom stereocenters. The first-order chi connectivity index (χ1) is 13.9. The van der Waals surface area contributed by atoms with E-state index in [0.29, 0.717) is 12.6 Å². The first-order valence-electron chi connectivity index (χ1n) is 9.11. The minimum absolute atomic E-state index is 0.0833. The Labute approximate surface area is 167 Å². The van der Waals surface area contributed by atoms with Crippen LogP contribution in [0.1, 0.15) is 36.9 Å². The molecule has 1 aliphatic heterocycles. The zero-order valence-corrected chi connectivity index (χ0v) is 16.1. The van der Waals surface area contributed by atoms with E-state index < -0.39 is 40.7 Å². The average Bonchev–Trinajstić information content (AvgIpc) is 3.17. The van der Waals surface area contributed by atoms with Gasteiger partial charge in [0, 0.05) is 42.5 Å². The molecule has 1 aromatic carbocycles. The number of halogens is 6. The van der Waals surface area contributed by atoms with Crippen LogP contribution in [-0.4, -0.2) is 50.3 Å². The van der Waals surface area contributed by atoms with Crippen molar-refractivity contribution >= 4 is 5.91 Å². The SMILES string of the molecule is Cc1c(F)cc(-n2cncc2C2CCN(C(=O)C(C)(O)C(F)(F)F)CC2)c(F)c1F. The fourth-order valence-electron chi connectivity index (χ4n) is 3.46. The van der Waals surface area contributed by atoms with Crippen LogP contribution < -0.4 is 0 Å². The van der Waals surface area contributed by atoms with Crippen LogP contribution in [0.4, 0.5) is 26.3 Å². The Morgan fingerprint density at radius 3 is 2.33 bits per heavy atom. The summed E-state index contributed by atoms with van der Waals surface area (Å²) in [6, 6.07) is 0.845. The second kappa shape index (κ2) is 7.60. The van der Waals surface area contributed by atoms with Crippen LogP contribution in [0.25, 0.3) is 5.69 Å². The van der Waals surface area contributed by atoms with Crippen molar-refractivity contribution in [3.05, 3.63) is 47.3 Å². The lowest BCUT2D eigenvalue weighted by Gasteiger charge is -2.36. The molecule has 1 fully saturated rings. The molecular formula is C19H19F6N3O2. The van der Waals surface area contributed by atoms with E-state index in [0.717, 1.165) is 17.9 Å². The van der Waals surface area contributed by atoms with Crippen molar-refractivity contribution in [1.82, 2.24) is 14.5 Å². The minimum atomic E-state index is -5.11. The van der Waals surface area contributed by atoms with Crippen molar-refractivity contribution < 1.29 is 36.2 Å². The van der Waals surface area contributed by atoms with E-state index in [4.69, 9.17) is 0 Å². The van der Waals surface area contributed by atoms with Gasteiger partial charge < -0.3 is 10.0 Å². The second-order valence-electron chi connectivity index (χ2n) is 7.46. The summed E-state index contributed by atoms with van der Waals surface area (Å²) in [6.07, 6.45) is -2.15. The van der Waals surface area contributed by atoms with Crippen LogP contribution in [0.5, 0.6) is 0 Å². The monoisotopic (exact) mass is 435 g/mol. The summed E-state index contributed by atoms with van der Waals surface area (Å²) in [5.41, 5.74) is -3.92. The predicted molar refractivity (Wildman–Crippen MR) is 93.4 cm³/mol. The molecule has 3 rings (SSSR count). The molecule has 1 unspecified atom stereocenters. The molecule has 0 aliphatic carbocycles. The molecule has 30 heavy (non-hydrogen) atoms. The molecule has 11 heteroatoms. The zero-order valence-electron chi connectivity index (χ0n) is 16.1. The third-order valence-electron chi connectivity index (χ3n) is 5.46. The molecule has 0 saturated carbocycles. The number of aromatic nitrogens is 2. The van der Waals surface area contributed by atoms with Gasteiger partial charge in [0.15, 0.2) is 11.6 Å². The maximum Gasteiger partial charge on any atom is 0.426 e. The van der Waals surface area contributed by atoms with Crippen LogP contribution in [-0.2, 0) is 4.79 Å². The van der Waals surface area contributed by atoms with Crippen molar-refractivity contribution in [3.8, 4) is 5.69 Å². The number of imidazole rings is 1. The topological polar surface area (TPSA) is 58.4 Å². The van der Waals surface area contributed by atoms with E-state index in [1.165, 1.54) is 17.1 Å². The molecule has 2 heterocycles. The van der Waals surface area contributed by atoms with Gasteiger partial charge in [0.2, 0.25) is 5.60 Å². The number of alkyl halides is 3. The van der Waals surface area contributed by atoms with E-state index in [2.05, 4.69) is 4.98 Å². The molecule has 2 aromatic rings. The largest absolute Gasteiger partial charge is 0.426 e. The highest BCUT2D eigenvalue weighted by molar-refractivity contribution is 5.85. The Kier molecular flexibility index (Phi) is 5.61. The Morgan fingerprint density at radius 1 is 1.17 bits per heavy atom. The summed E-state index contributed by atoms with van der Waals surface area (Å²) in [7, 11) is 0. The van der Waals surface area contributed by atoms with Crippen molar-refractivity contribution in [2.45, 2.75) is 44.4 Å². The van der Waals surface area contributed by atoms with Gasteiger partial charge in [-0.1, -0.05) is 0 Å². The Morgan fingerprint density at radius 2 is 1.77 bits per heavy atom. The van der Waals surface area contributed by atoms with Gasteiger partial charge in [-0.05, 0) is 26.7 Å². The van der Waals surface area contributed by atoms with Gasteiger partial charge in [-0.3, -0.25) is 9.36 Å². The van der Waals surface area contributed by atoms with E-state index in [1.54, 1.807) is 0 Å². The van der Waals surface area contributed by atoms with Crippen LogP contribution in [0.3, 0.4) is 0 Å². The number of aliphatic hydroxyl groups is 1. The van der Waals surface area contributed by atoms with Crippen LogP contribution in [0.2, 0.25) is 0 Å². The van der Waals surface area contributed by atoms with Crippen LogP contribution >= 0.6 is 0 Å². The molecule has 5 nitrogen and oxygen atoms in total. The number of hydrogen-bond acceptors (Lipinski definition) is 3. The number of piperidine rings is 1. The lowest BCUT2D eigenvalue weighted by Crippen LogP contribution is -2.57. The number of benzene rings is 1. The molecule has 1 aliphatic rings. The predicted octanol–water partition coefficient (Wildman–Crippen LogP) is 3.62. The summed E-state index contributed by atoms with van der Waals surface area (Å²) >= 11 is 0. The van der Waals surface area contributed by atoms with Gasteiger partial charge in [-0.25, -0.2) is 18.2 Å². The van der Waals surface area contributed by atoms with Gasteiger partial charge in [-0.15, -0.1) is 0 Å². The quantitative estimate of drug-likeness (QED) is 0.592. The third-order valence-corrected chi connectivity index (χ3v) is 5.46. The van der Waals surface area contributed by atoms with E-state index in [-0.39, 0.29) is 37.5 Å². The van der Waals surface area contributed by atoms with E-state index >= 15 is 0 Å². The van der Waals surface area contributed by atoms with Gasteiger partial charge in [0.1, 0.15) is 5.82 Å². The summed E-state index contributed by atoms with van der Waals surface area (Å²) < 4.78 is 82.2. The fourth-order valence-corrected chi connectivity index (χ4v) is 3.46. The highest BCUT2D eigenvalue weighted by atomic mass is 19.4. The molecule has 164 valence electrons. The Hall–Kier alpha value is -2.56. The smallest absolute Gasteiger partial charge is 0.373 e.